The number of ketones is 1. The molecule has 0 atom stereocenters. The summed E-state index contributed by atoms with van der Waals surface area (Å²) in [5, 5.41) is 9.04. The highest BCUT2D eigenvalue weighted by atomic mass is 32.2. The van der Waals surface area contributed by atoms with Crippen LogP contribution >= 0.6 is 11.8 Å². The summed E-state index contributed by atoms with van der Waals surface area (Å²) in [6, 6.07) is 14.3. The summed E-state index contributed by atoms with van der Waals surface area (Å²) in [5.41, 5.74) is 5.39. The van der Waals surface area contributed by atoms with Gasteiger partial charge in [0.05, 0.1) is 12.0 Å². The molecule has 1 N–H and O–H groups in total. The zero-order valence-corrected chi connectivity index (χ0v) is 19.1. The Morgan fingerprint density at radius 2 is 1.94 bits per heavy atom. The highest BCUT2D eigenvalue weighted by Gasteiger charge is 2.20. The first-order valence-corrected chi connectivity index (χ1v) is 11.3. The third kappa shape index (κ3) is 4.68. The van der Waals surface area contributed by atoms with E-state index in [1.54, 1.807) is 53.4 Å². The molecule has 4 rings (SSSR count). The van der Waals surface area contributed by atoms with Gasteiger partial charge in [-0.2, -0.15) is 0 Å². The maximum atomic E-state index is 13.0. The number of nitrogens with one attached hydrogen (secondary N) is 1. The lowest BCUT2D eigenvalue weighted by Gasteiger charge is -2.11. The van der Waals surface area contributed by atoms with Crippen molar-refractivity contribution >= 4 is 23.5 Å². The van der Waals surface area contributed by atoms with Gasteiger partial charge >= 0.3 is 0 Å². The number of rotatable bonds is 9. The lowest BCUT2D eigenvalue weighted by atomic mass is 10.2. The number of amides is 1. The first kappa shape index (κ1) is 22.3. The van der Waals surface area contributed by atoms with Crippen molar-refractivity contribution in [3.63, 3.8) is 0 Å². The van der Waals surface area contributed by atoms with Gasteiger partial charge in [0.1, 0.15) is 0 Å². The van der Waals surface area contributed by atoms with Crippen molar-refractivity contribution in [1.82, 2.24) is 19.4 Å². The molecule has 0 aliphatic carbocycles. The van der Waals surface area contributed by atoms with E-state index < -0.39 is 0 Å². The van der Waals surface area contributed by atoms with Gasteiger partial charge in [0.2, 0.25) is 5.82 Å². The summed E-state index contributed by atoms with van der Waals surface area (Å²) in [6.45, 7) is 7.93. The molecule has 4 aromatic rings. The van der Waals surface area contributed by atoms with Crippen LogP contribution in [0, 0.1) is 13.8 Å². The fourth-order valence-electron chi connectivity index (χ4n) is 3.46. The third-order valence-corrected chi connectivity index (χ3v) is 6.05. The van der Waals surface area contributed by atoms with E-state index in [-0.39, 0.29) is 17.4 Å². The number of furan rings is 1. The Bertz CT molecular complexity index is 1290. The first-order chi connectivity index (χ1) is 16.0. The molecule has 0 saturated carbocycles. The minimum atomic E-state index is -0.242. The molecular formula is C24H23N5O3S. The van der Waals surface area contributed by atoms with E-state index in [1.165, 1.54) is 11.8 Å². The van der Waals surface area contributed by atoms with Crippen LogP contribution in [0.5, 0.6) is 0 Å². The van der Waals surface area contributed by atoms with Gasteiger partial charge in [0, 0.05) is 29.1 Å². The molecule has 1 aromatic carbocycles. The van der Waals surface area contributed by atoms with Crippen molar-refractivity contribution in [2.75, 3.05) is 11.2 Å². The molecule has 9 heteroatoms. The molecule has 168 valence electrons. The molecule has 3 heterocycles. The number of nitrogens with zero attached hydrogens (tertiary/aromatic N) is 4. The van der Waals surface area contributed by atoms with Crippen LogP contribution in [0.2, 0.25) is 0 Å². The first-order valence-electron chi connectivity index (χ1n) is 10.3. The maximum Gasteiger partial charge on any atom is 0.270 e. The second-order valence-electron chi connectivity index (χ2n) is 7.32. The summed E-state index contributed by atoms with van der Waals surface area (Å²) in [7, 11) is 0. The number of aryl methyl sites for hydroxylation is 1. The molecule has 0 aliphatic heterocycles. The van der Waals surface area contributed by atoms with Gasteiger partial charge in [-0.3, -0.25) is 24.3 Å². The Balaban J connectivity index is 1.49. The van der Waals surface area contributed by atoms with Crippen molar-refractivity contribution in [2.24, 2.45) is 0 Å². The van der Waals surface area contributed by atoms with E-state index in [2.05, 4.69) is 22.2 Å². The van der Waals surface area contributed by atoms with Gasteiger partial charge in [0.25, 0.3) is 5.91 Å². The highest BCUT2D eigenvalue weighted by molar-refractivity contribution is 7.99. The van der Waals surface area contributed by atoms with E-state index in [4.69, 9.17) is 4.42 Å². The van der Waals surface area contributed by atoms with Gasteiger partial charge in [-0.1, -0.05) is 36.0 Å². The number of Topliss-reactive ketones (excluding diaryl/α,β-unsaturated/α-hetero) is 1. The summed E-state index contributed by atoms with van der Waals surface area (Å²) in [6.07, 6.45) is 3.32. The van der Waals surface area contributed by atoms with Crippen LogP contribution in [0.25, 0.3) is 11.6 Å². The highest BCUT2D eigenvalue weighted by Crippen LogP contribution is 2.26. The zero-order valence-electron chi connectivity index (χ0n) is 18.3. The van der Waals surface area contributed by atoms with E-state index in [1.807, 2.05) is 30.5 Å². The van der Waals surface area contributed by atoms with Crippen LogP contribution in [0.3, 0.4) is 0 Å². The quantitative estimate of drug-likeness (QED) is 0.224. The fourth-order valence-corrected chi connectivity index (χ4v) is 4.29. The van der Waals surface area contributed by atoms with E-state index >= 15 is 0 Å². The molecule has 0 bridgehead atoms. The minimum Gasteiger partial charge on any atom is -0.461 e. The van der Waals surface area contributed by atoms with E-state index in [0.717, 1.165) is 5.69 Å². The second kappa shape index (κ2) is 9.74. The summed E-state index contributed by atoms with van der Waals surface area (Å²) < 4.78 is 8.93. The van der Waals surface area contributed by atoms with Crippen LogP contribution in [-0.4, -0.2) is 36.9 Å². The molecule has 0 radical (unpaired) electrons. The zero-order chi connectivity index (χ0) is 23.4. The van der Waals surface area contributed by atoms with Gasteiger partial charge in [0.15, 0.2) is 16.7 Å². The molecule has 0 unspecified atom stereocenters. The molecule has 8 nitrogen and oxygen atoms in total. The van der Waals surface area contributed by atoms with Gasteiger partial charge < -0.3 is 4.42 Å². The molecule has 0 aliphatic rings. The number of benzene rings is 1. The average Bonchev–Trinajstić information content (AvgIpc) is 3.55. The van der Waals surface area contributed by atoms with Crippen molar-refractivity contribution in [3.8, 4) is 11.6 Å². The lowest BCUT2D eigenvalue weighted by Crippen LogP contribution is -2.25. The van der Waals surface area contributed by atoms with Crippen LogP contribution < -0.4 is 5.43 Å². The van der Waals surface area contributed by atoms with Crippen LogP contribution in [-0.2, 0) is 6.54 Å². The van der Waals surface area contributed by atoms with Gasteiger partial charge in [-0.15, -0.1) is 16.8 Å². The largest absolute Gasteiger partial charge is 0.461 e. The van der Waals surface area contributed by atoms with Crippen LogP contribution in [0.15, 0.2) is 77.0 Å². The average molecular weight is 462 g/mol. The van der Waals surface area contributed by atoms with E-state index in [0.29, 0.717) is 40.1 Å². The van der Waals surface area contributed by atoms with Gasteiger partial charge in [-0.25, -0.2) is 0 Å². The van der Waals surface area contributed by atoms with Crippen molar-refractivity contribution in [2.45, 2.75) is 25.5 Å². The van der Waals surface area contributed by atoms with Crippen LogP contribution in [0.4, 0.5) is 0 Å². The number of aromatic nitrogens is 4. The Morgan fingerprint density at radius 3 is 2.64 bits per heavy atom. The molecular weight excluding hydrogens is 438 g/mol. The number of carbonyl (C=O) groups excluding carboxylic acids is 2. The topological polar surface area (TPSA) is 95.0 Å². The fraction of sp³-hybridized carbons (Fsp3) is 0.167. The molecule has 0 spiro atoms. The molecule has 1 amide bonds. The summed E-state index contributed by atoms with van der Waals surface area (Å²) in [5.74, 6) is 1.04. The number of thioether (sulfide) groups is 1. The summed E-state index contributed by atoms with van der Waals surface area (Å²) in [4.78, 5) is 25.6. The SMILES string of the molecule is C=CCn1c(SCC(=O)c2cc(C)n(NC(=O)c3ccccc3)c2C)nnc1-c1ccco1. The van der Waals surface area contributed by atoms with E-state index in [9.17, 15) is 9.59 Å². The Kier molecular flexibility index (Phi) is 6.60. The number of allylic oxidation sites excluding steroid dienone is 1. The molecule has 0 saturated heterocycles. The normalized spacial score (nSPS) is 10.8. The molecule has 0 fully saturated rings. The maximum absolute atomic E-state index is 13.0. The van der Waals surface area contributed by atoms with Crippen molar-refractivity contribution < 1.29 is 14.0 Å². The van der Waals surface area contributed by atoms with Crippen molar-refractivity contribution in [3.05, 3.63) is 90.0 Å². The van der Waals surface area contributed by atoms with Gasteiger partial charge in [-0.05, 0) is 44.2 Å². The standard InChI is InChI=1S/C24H23N5O3S/c1-4-12-28-22(21-11-8-13-32-21)25-26-24(28)33-15-20(30)19-14-16(2)29(17(19)3)27-23(31)18-9-6-5-7-10-18/h4-11,13-14H,1,12,15H2,2-3H3,(H,27,31). The Morgan fingerprint density at radius 1 is 1.15 bits per heavy atom. The monoisotopic (exact) mass is 461 g/mol. The predicted octanol–water partition coefficient (Wildman–Crippen LogP) is 4.50. The predicted molar refractivity (Wildman–Crippen MR) is 127 cm³/mol. The number of carbonyl (C=O) groups is 2. The lowest BCUT2D eigenvalue weighted by molar-refractivity contribution is 0.0999. The van der Waals surface area contributed by atoms with Crippen molar-refractivity contribution in [1.29, 1.82) is 0 Å². The van der Waals surface area contributed by atoms with Crippen LogP contribution in [0.1, 0.15) is 32.1 Å². The Labute approximate surface area is 195 Å². The Hall–Kier alpha value is -3.85. The third-order valence-electron chi connectivity index (χ3n) is 5.08. The smallest absolute Gasteiger partial charge is 0.270 e. The molecule has 3 aromatic heterocycles. The minimum absolute atomic E-state index is 0.0685. The number of hydrogen-bond acceptors (Lipinski definition) is 6. The molecule has 33 heavy (non-hydrogen) atoms. The second-order valence-corrected chi connectivity index (χ2v) is 8.26. The summed E-state index contributed by atoms with van der Waals surface area (Å²) >= 11 is 1.30. The number of hydrogen-bond donors (Lipinski definition) is 1.